The zero-order valence-electron chi connectivity index (χ0n) is 17.7. The Morgan fingerprint density at radius 1 is 1.07 bits per heavy atom. The summed E-state index contributed by atoms with van der Waals surface area (Å²) < 4.78 is 11.4. The molecule has 1 saturated heterocycles. The summed E-state index contributed by atoms with van der Waals surface area (Å²) in [5.74, 6) is 2.43. The molecule has 0 saturated carbocycles. The van der Waals surface area contributed by atoms with Gasteiger partial charge in [-0.05, 0) is 43.5 Å². The summed E-state index contributed by atoms with van der Waals surface area (Å²) in [6.07, 6.45) is 4.00. The van der Waals surface area contributed by atoms with Crippen LogP contribution < -0.4 is 4.74 Å². The van der Waals surface area contributed by atoms with Gasteiger partial charge in [0.1, 0.15) is 17.2 Å². The summed E-state index contributed by atoms with van der Waals surface area (Å²) in [6.45, 7) is 6.84. The first kappa shape index (κ1) is 20.4. The van der Waals surface area contributed by atoms with E-state index in [1.807, 2.05) is 18.7 Å². The van der Waals surface area contributed by atoms with E-state index < -0.39 is 0 Å². The molecule has 160 valence electrons. The number of carbonyl (C=O) groups is 2. The number of ether oxygens (including phenoxy) is 1. The van der Waals surface area contributed by atoms with Gasteiger partial charge in [0.15, 0.2) is 12.5 Å². The molecule has 1 fully saturated rings. The molecule has 7 heteroatoms. The third-order valence-corrected chi connectivity index (χ3v) is 5.70. The van der Waals surface area contributed by atoms with E-state index in [4.69, 9.17) is 9.15 Å². The number of benzene rings is 1. The molecular formula is C23H29N3O4. The second kappa shape index (κ2) is 8.90. The summed E-state index contributed by atoms with van der Waals surface area (Å²) in [7, 11) is 0. The van der Waals surface area contributed by atoms with Crippen LogP contribution in [0.15, 0.2) is 28.7 Å². The Balaban J connectivity index is 1.33. The molecule has 4 rings (SSSR count). The summed E-state index contributed by atoms with van der Waals surface area (Å²) >= 11 is 0. The molecule has 0 N–H and O–H groups in total. The Labute approximate surface area is 177 Å². The van der Waals surface area contributed by atoms with Crippen LogP contribution in [0.1, 0.15) is 66.7 Å². The Bertz CT molecular complexity index is 898. The van der Waals surface area contributed by atoms with Crippen LogP contribution in [0.4, 0.5) is 0 Å². The van der Waals surface area contributed by atoms with Crippen molar-refractivity contribution in [2.24, 2.45) is 0 Å². The van der Waals surface area contributed by atoms with Crippen molar-refractivity contribution in [3.05, 3.63) is 47.2 Å². The first-order valence-corrected chi connectivity index (χ1v) is 10.8. The monoisotopic (exact) mass is 411 g/mol. The van der Waals surface area contributed by atoms with Crippen molar-refractivity contribution in [3.63, 3.8) is 0 Å². The average Bonchev–Trinajstić information content (AvgIpc) is 3.22. The number of piperidine rings is 1. The molecule has 2 aliphatic rings. The quantitative estimate of drug-likeness (QED) is 0.754. The maximum absolute atomic E-state index is 12.9. The molecule has 0 spiro atoms. The molecule has 1 aromatic carbocycles. The van der Waals surface area contributed by atoms with E-state index in [1.54, 1.807) is 29.2 Å². The van der Waals surface area contributed by atoms with E-state index in [-0.39, 0.29) is 24.3 Å². The minimum atomic E-state index is -0.0364. The maximum atomic E-state index is 12.9. The lowest BCUT2D eigenvalue weighted by Gasteiger charge is -2.26. The highest BCUT2D eigenvalue weighted by molar-refractivity contribution is 5.94. The van der Waals surface area contributed by atoms with Crippen LogP contribution in [0.5, 0.6) is 5.75 Å². The molecule has 2 aliphatic heterocycles. The van der Waals surface area contributed by atoms with Crippen molar-refractivity contribution in [3.8, 4) is 5.75 Å². The Kier molecular flexibility index (Phi) is 6.06. The second-order valence-corrected chi connectivity index (χ2v) is 8.31. The van der Waals surface area contributed by atoms with Gasteiger partial charge in [-0.3, -0.25) is 9.59 Å². The minimum absolute atomic E-state index is 0.0207. The number of oxazole rings is 1. The lowest BCUT2D eigenvalue weighted by atomic mass is 10.1. The fraction of sp³-hybridized carbons (Fsp3) is 0.522. The van der Waals surface area contributed by atoms with E-state index in [2.05, 4.69) is 4.98 Å². The summed E-state index contributed by atoms with van der Waals surface area (Å²) in [6, 6.07) is 7.00. The van der Waals surface area contributed by atoms with Gasteiger partial charge < -0.3 is 19.0 Å². The van der Waals surface area contributed by atoms with Crippen molar-refractivity contribution in [1.29, 1.82) is 0 Å². The van der Waals surface area contributed by atoms with Gasteiger partial charge in [0.2, 0.25) is 0 Å². The maximum Gasteiger partial charge on any atom is 0.260 e. The highest BCUT2D eigenvalue weighted by atomic mass is 16.5. The van der Waals surface area contributed by atoms with Crippen molar-refractivity contribution in [1.82, 2.24) is 14.8 Å². The molecule has 7 nitrogen and oxygen atoms in total. The van der Waals surface area contributed by atoms with Crippen LogP contribution in [0.2, 0.25) is 0 Å². The van der Waals surface area contributed by atoms with Gasteiger partial charge in [-0.15, -0.1) is 0 Å². The van der Waals surface area contributed by atoms with Crippen molar-refractivity contribution in [2.45, 2.75) is 52.0 Å². The SMILES string of the molecule is CC(C)c1nc2c(o1)CCN(C(=O)c1ccc(OCC(=O)N3CCCCC3)cc1)C2. The number of likely N-dealkylation sites (tertiary alicyclic amines) is 1. The third kappa shape index (κ3) is 4.50. The fourth-order valence-electron chi connectivity index (χ4n) is 3.89. The van der Waals surface area contributed by atoms with E-state index in [1.165, 1.54) is 6.42 Å². The zero-order chi connectivity index (χ0) is 21.1. The predicted molar refractivity (Wildman–Crippen MR) is 111 cm³/mol. The van der Waals surface area contributed by atoms with Crippen molar-refractivity contribution < 1.29 is 18.7 Å². The van der Waals surface area contributed by atoms with E-state index in [0.717, 1.165) is 43.3 Å². The van der Waals surface area contributed by atoms with Gasteiger partial charge >= 0.3 is 0 Å². The van der Waals surface area contributed by atoms with Crippen LogP contribution >= 0.6 is 0 Å². The third-order valence-electron chi connectivity index (χ3n) is 5.70. The van der Waals surface area contributed by atoms with Gasteiger partial charge in [0.05, 0.1) is 6.54 Å². The number of nitrogens with zero attached hydrogens (tertiary/aromatic N) is 3. The van der Waals surface area contributed by atoms with Gasteiger partial charge in [-0.2, -0.15) is 0 Å². The van der Waals surface area contributed by atoms with E-state index in [9.17, 15) is 9.59 Å². The molecule has 0 radical (unpaired) electrons. The number of rotatable bonds is 5. The fourth-order valence-corrected chi connectivity index (χ4v) is 3.89. The van der Waals surface area contributed by atoms with Crippen LogP contribution in [0.3, 0.4) is 0 Å². The highest BCUT2D eigenvalue weighted by Gasteiger charge is 2.26. The largest absolute Gasteiger partial charge is 0.484 e. The number of amides is 2. The van der Waals surface area contributed by atoms with Crippen LogP contribution in [-0.2, 0) is 17.8 Å². The molecule has 0 bridgehead atoms. The van der Waals surface area contributed by atoms with Crippen LogP contribution in [0, 0.1) is 0 Å². The normalized spacial score (nSPS) is 16.5. The smallest absolute Gasteiger partial charge is 0.260 e. The van der Waals surface area contributed by atoms with Gasteiger partial charge in [0.25, 0.3) is 11.8 Å². The zero-order valence-corrected chi connectivity index (χ0v) is 17.7. The minimum Gasteiger partial charge on any atom is -0.484 e. The molecule has 30 heavy (non-hydrogen) atoms. The van der Waals surface area contributed by atoms with Gasteiger partial charge in [0, 0.05) is 37.5 Å². The lowest BCUT2D eigenvalue weighted by Crippen LogP contribution is -2.38. The number of hydrogen-bond acceptors (Lipinski definition) is 5. The van der Waals surface area contributed by atoms with E-state index in [0.29, 0.717) is 30.8 Å². The number of hydrogen-bond donors (Lipinski definition) is 0. The van der Waals surface area contributed by atoms with Crippen LogP contribution in [0.25, 0.3) is 0 Å². The molecule has 0 aliphatic carbocycles. The first-order chi connectivity index (χ1) is 14.5. The summed E-state index contributed by atoms with van der Waals surface area (Å²) in [4.78, 5) is 33.3. The molecule has 2 aromatic rings. The Hall–Kier alpha value is -2.83. The average molecular weight is 412 g/mol. The number of aromatic nitrogens is 1. The Morgan fingerprint density at radius 3 is 2.50 bits per heavy atom. The predicted octanol–water partition coefficient (Wildman–Crippen LogP) is 3.39. The molecule has 0 unspecified atom stereocenters. The van der Waals surface area contributed by atoms with Gasteiger partial charge in [-0.25, -0.2) is 4.98 Å². The highest BCUT2D eigenvalue weighted by Crippen LogP contribution is 2.25. The standard InChI is InChI=1S/C23H29N3O4/c1-16(2)22-24-19-14-26(13-10-20(19)30-22)23(28)17-6-8-18(9-7-17)29-15-21(27)25-11-4-3-5-12-25/h6-9,16H,3-5,10-15H2,1-2H3. The molecule has 1 aromatic heterocycles. The number of carbonyl (C=O) groups excluding carboxylic acids is 2. The van der Waals surface area contributed by atoms with Crippen molar-refractivity contribution >= 4 is 11.8 Å². The second-order valence-electron chi connectivity index (χ2n) is 8.31. The van der Waals surface area contributed by atoms with E-state index >= 15 is 0 Å². The van der Waals surface area contributed by atoms with Crippen molar-refractivity contribution in [2.75, 3.05) is 26.2 Å². The summed E-state index contributed by atoms with van der Waals surface area (Å²) in [5, 5.41) is 0. The lowest BCUT2D eigenvalue weighted by molar-refractivity contribution is -0.134. The number of fused-ring (bicyclic) bond motifs is 1. The molecular weight excluding hydrogens is 382 g/mol. The summed E-state index contributed by atoms with van der Waals surface area (Å²) in [5.41, 5.74) is 1.45. The topological polar surface area (TPSA) is 75.9 Å². The van der Waals surface area contributed by atoms with Crippen LogP contribution in [-0.4, -0.2) is 52.8 Å². The molecule has 3 heterocycles. The molecule has 0 atom stereocenters. The molecule has 2 amide bonds. The van der Waals surface area contributed by atoms with Gasteiger partial charge in [-0.1, -0.05) is 13.8 Å². The first-order valence-electron chi connectivity index (χ1n) is 10.8. The Morgan fingerprint density at radius 2 is 1.80 bits per heavy atom.